The van der Waals surface area contributed by atoms with Gasteiger partial charge in [-0.05, 0) is 29.8 Å². The zero-order chi connectivity index (χ0) is 9.10. The van der Waals surface area contributed by atoms with Crippen LogP contribution in [0.5, 0.6) is 0 Å². The van der Waals surface area contributed by atoms with Crippen molar-refractivity contribution in [2.75, 3.05) is 5.73 Å². The maximum Gasteiger partial charge on any atom is 0.123 e. The van der Waals surface area contributed by atoms with E-state index >= 15 is 0 Å². The molecule has 2 heterocycles. The van der Waals surface area contributed by atoms with Crippen molar-refractivity contribution in [3.8, 4) is 0 Å². The maximum absolute atomic E-state index is 5.55. The number of pyridine rings is 1. The van der Waals surface area contributed by atoms with E-state index in [0.29, 0.717) is 5.82 Å². The first kappa shape index (κ1) is 7.86. The summed E-state index contributed by atoms with van der Waals surface area (Å²) in [4.78, 5) is 3.92. The van der Waals surface area contributed by atoms with E-state index in [9.17, 15) is 0 Å². The first-order chi connectivity index (χ1) is 6.34. The molecule has 0 unspecified atom stereocenters. The van der Waals surface area contributed by atoms with Gasteiger partial charge in [-0.1, -0.05) is 0 Å². The second-order valence-corrected chi connectivity index (χ2v) is 2.85. The highest BCUT2D eigenvalue weighted by Crippen LogP contribution is 2.10. The van der Waals surface area contributed by atoms with E-state index in [-0.39, 0.29) is 0 Å². The van der Waals surface area contributed by atoms with Crippen LogP contribution in [-0.4, -0.2) is 4.98 Å². The van der Waals surface area contributed by atoms with E-state index in [1.165, 1.54) is 0 Å². The van der Waals surface area contributed by atoms with Crippen molar-refractivity contribution in [1.82, 2.24) is 4.98 Å². The lowest BCUT2D eigenvalue weighted by atomic mass is 10.1. The molecule has 0 radical (unpaired) electrons. The molecule has 0 saturated carbocycles. The van der Waals surface area contributed by atoms with Gasteiger partial charge in [-0.15, -0.1) is 0 Å². The summed E-state index contributed by atoms with van der Waals surface area (Å²) in [6.45, 7) is 0. The Bertz CT molecular complexity index is 382. The molecule has 3 nitrogen and oxygen atoms in total. The minimum Gasteiger partial charge on any atom is -0.469 e. The average molecular weight is 174 g/mol. The number of furan rings is 1. The van der Waals surface area contributed by atoms with E-state index < -0.39 is 0 Å². The zero-order valence-electron chi connectivity index (χ0n) is 7.10. The second-order valence-electron chi connectivity index (χ2n) is 2.85. The summed E-state index contributed by atoms with van der Waals surface area (Å²) >= 11 is 0. The van der Waals surface area contributed by atoms with Gasteiger partial charge in [-0.3, -0.25) is 0 Å². The molecular weight excluding hydrogens is 164 g/mol. The van der Waals surface area contributed by atoms with Gasteiger partial charge in [-0.25, -0.2) is 4.98 Å². The summed E-state index contributed by atoms with van der Waals surface area (Å²) in [6.07, 6.45) is 4.13. The highest BCUT2D eigenvalue weighted by atomic mass is 16.3. The molecule has 2 rings (SSSR count). The van der Waals surface area contributed by atoms with Gasteiger partial charge >= 0.3 is 0 Å². The maximum atomic E-state index is 5.55. The number of aromatic nitrogens is 1. The topological polar surface area (TPSA) is 52.0 Å². The molecule has 2 aromatic heterocycles. The van der Waals surface area contributed by atoms with Crippen LogP contribution < -0.4 is 5.73 Å². The highest BCUT2D eigenvalue weighted by Gasteiger charge is 1.98. The van der Waals surface area contributed by atoms with E-state index in [1.807, 2.05) is 24.3 Å². The lowest BCUT2D eigenvalue weighted by Crippen LogP contribution is -1.92. The molecule has 66 valence electrons. The standard InChI is InChI=1S/C10H10N2O/c11-10-7-8(3-4-12-10)6-9-2-1-5-13-9/h1-5,7H,6H2,(H2,11,12). The Hall–Kier alpha value is -1.77. The third kappa shape index (κ3) is 1.87. The fourth-order valence-corrected chi connectivity index (χ4v) is 1.22. The summed E-state index contributed by atoms with van der Waals surface area (Å²) in [7, 11) is 0. The van der Waals surface area contributed by atoms with Gasteiger partial charge in [0.25, 0.3) is 0 Å². The van der Waals surface area contributed by atoms with Gasteiger partial charge in [0, 0.05) is 12.6 Å². The van der Waals surface area contributed by atoms with E-state index in [4.69, 9.17) is 10.2 Å². The fraction of sp³-hybridized carbons (Fsp3) is 0.100. The monoisotopic (exact) mass is 174 g/mol. The van der Waals surface area contributed by atoms with Gasteiger partial charge in [0.1, 0.15) is 11.6 Å². The fourth-order valence-electron chi connectivity index (χ4n) is 1.22. The summed E-state index contributed by atoms with van der Waals surface area (Å²) in [5, 5.41) is 0. The number of rotatable bonds is 2. The van der Waals surface area contributed by atoms with Crippen molar-refractivity contribution in [2.24, 2.45) is 0 Å². The van der Waals surface area contributed by atoms with Crippen LogP contribution in [0, 0.1) is 0 Å². The van der Waals surface area contributed by atoms with Crippen LogP contribution in [0.2, 0.25) is 0 Å². The molecule has 0 atom stereocenters. The lowest BCUT2D eigenvalue weighted by Gasteiger charge is -1.98. The third-order valence-electron chi connectivity index (χ3n) is 1.80. The van der Waals surface area contributed by atoms with Crippen LogP contribution in [0.15, 0.2) is 41.1 Å². The molecule has 0 aliphatic heterocycles. The molecule has 0 fully saturated rings. The summed E-state index contributed by atoms with van der Waals surface area (Å²) < 4.78 is 5.22. The van der Waals surface area contributed by atoms with Crippen molar-refractivity contribution in [3.63, 3.8) is 0 Å². The lowest BCUT2D eigenvalue weighted by molar-refractivity contribution is 0.521. The Kier molecular flexibility index (Phi) is 2.00. The predicted octanol–water partition coefficient (Wildman–Crippen LogP) is 1.85. The molecule has 0 aromatic carbocycles. The van der Waals surface area contributed by atoms with Crippen LogP contribution in [0.25, 0.3) is 0 Å². The second kappa shape index (κ2) is 3.31. The smallest absolute Gasteiger partial charge is 0.123 e. The molecule has 0 spiro atoms. The molecule has 13 heavy (non-hydrogen) atoms. The van der Waals surface area contributed by atoms with Gasteiger partial charge in [0.15, 0.2) is 0 Å². The Morgan fingerprint density at radius 3 is 3.00 bits per heavy atom. The number of anilines is 1. The van der Waals surface area contributed by atoms with Crippen molar-refractivity contribution >= 4 is 5.82 Å². The van der Waals surface area contributed by atoms with Gasteiger partial charge in [0.2, 0.25) is 0 Å². The molecule has 0 amide bonds. The van der Waals surface area contributed by atoms with E-state index in [0.717, 1.165) is 17.7 Å². The summed E-state index contributed by atoms with van der Waals surface area (Å²) in [5.74, 6) is 1.48. The number of hydrogen-bond donors (Lipinski definition) is 1. The number of nitrogen functional groups attached to an aromatic ring is 1. The molecule has 2 N–H and O–H groups in total. The molecule has 2 aromatic rings. The quantitative estimate of drug-likeness (QED) is 0.755. The van der Waals surface area contributed by atoms with Crippen LogP contribution in [0.3, 0.4) is 0 Å². The summed E-state index contributed by atoms with van der Waals surface area (Å²) in [5.41, 5.74) is 6.66. The summed E-state index contributed by atoms with van der Waals surface area (Å²) in [6, 6.07) is 7.60. The van der Waals surface area contributed by atoms with Crippen LogP contribution in [0.1, 0.15) is 11.3 Å². The van der Waals surface area contributed by atoms with Crippen molar-refractivity contribution in [1.29, 1.82) is 0 Å². The number of nitrogens with zero attached hydrogens (tertiary/aromatic N) is 1. The molecule has 3 heteroatoms. The molecular formula is C10H10N2O. The third-order valence-corrected chi connectivity index (χ3v) is 1.80. The van der Waals surface area contributed by atoms with Crippen molar-refractivity contribution in [2.45, 2.75) is 6.42 Å². The van der Waals surface area contributed by atoms with Crippen LogP contribution >= 0.6 is 0 Å². The van der Waals surface area contributed by atoms with E-state index in [2.05, 4.69) is 4.98 Å². The molecule has 0 saturated heterocycles. The minimum absolute atomic E-state index is 0.545. The molecule has 0 bridgehead atoms. The largest absolute Gasteiger partial charge is 0.469 e. The minimum atomic E-state index is 0.545. The van der Waals surface area contributed by atoms with Crippen LogP contribution in [0.4, 0.5) is 5.82 Å². The highest BCUT2D eigenvalue weighted by molar-refractivity contribution is 5.33. The Balaban J connectivity index is 2.19. The molecule has 0 aliphatic rings. The van der Waals surface area contributed by atoms with E-state index in [1.54, 1.807) is 12.5 Å². The average Bonchev–Trinajstić information content (AvgIpc) is 2.57. The zero-order valence-corrected chi connectivity index (χ0v) is 7.10. The SMILES string of the molecule is Nc1cc(Cc2ccco2)ccn1. The number of hydrogen-bond acceptors (Lipinski definition) is 3. The first-order valence-electron chi connectivity index (χ1n) is 4.07. The predicted molar refractivity (Wildman–Crippen MR) is 50.2 cm³/mol. The van der Waals surface area contributed by atoms with Crippen molar-refractivity contribution in [3.05, 3.63) is 48.0 Å². The Morgan fingerprint density at radius 1 is 1.38 bits per heavy atom. The van der Waals surface area contributed by atoms with Gasteiger partial charge in [-0.2, -0.15) is 0 Å². The molecule has 0 aliphatic carbocycles. The Morgan fingerprint density at radius 2 is 2.31 bits per heavy atom. The van der Waals surface area contributed by atoms with Crippen molar-refractivity contribution < 1.29 is 4.42 Å². The number of nitrogens with two attached hydrogens (primary N) is 1. The first-order valence-corrected chi connectivity index (χ1v) is 4.07. The Labute approximate surface area is 76.2 Å². The van der Waals surface area contributed by atoms with Gasteiger partial charge in [0.05, 0.1) is 6.26 Å². The van der Waals surface area contributed by atoms with Crippen LogP contribution in [-0.2, 0) is 6.42 Å². The van der Waals surface area contributed by atoms with Gasteiger partial charge < -0.3 is 10.2 Å². The normalized spacial score (nSPS) is 10.2.